The SMILES string of the molecule is C=C1CCC(N2C(=O)C=C(Nc3cccc(C(C)CC(=O)c4cccc(C)c4)c3)C2=O)C(=O)N1. The van der Waals surface area contributed by atoms with Crippen molar-refractivity contribution in [1.29, 1.82) is 0 Å². The van der Waals surface area contributed by atoms with Gasteiger partial charge in [-0.2, -0.15) is 0 Å². The molecule has 1 saturated heterocycles. The van der Waals surface area contributed by atoms with Gasteiger partial charge in [-0.05, 0) is 49.4 Å². The van der Waals surface area contributed by atoms with Crippen LogP contribution in [-0.2, 0) is 14.4 Å². The summed E-state index contributed by atoms with van der Waals surface area (Å²) in [6.45, 7) is 7.66. The van der Waals surface area contributed by atoms with Gasteiger partial charge in [0.15, 0.2) is 5.78 Å². The van der Waals surface area contributed by atoms with Crippen LogP contribution in [0.25, 0.3) is 0 Å². The zero-order valence-electron chi connectivity index (χ0n) is 19.3. The first-order chi connectivity index (χ1) is 16.2. The van der Waals surface area contributed by atoms with E-state index in [4.69, 9.17) is 0 Å². The maximum absolute atomic E-state index is 12.9. The third kappa shape index (κ3) is 4.83. The van der Waals surface area contributed by atoms with Crippen molar-refractivity contribution in [2.75, 3.05) is 5.32 Å². The van der Waals surface area contributed by atoms with Crippen molar-refractivity contribution in [2.45, 2.75) is 45.1 Å². The molecule has 2 aliphatic rings. The fourth-order valence-corrected chi connectivity index (χ4v) is 4.29. The number of aryl methyl sites for hydroxylation is 1. The van der Waals surface area contributed by atoms with Gasteiger partial charge < -0.3 is 10.6 Å². The van der Waals surface area contributed by atoms with Gasteiger partial charge in [-0.25, -0.2) is 0 Å². The van der Waals surface area contributed by atoms with Crippen LogP contribution in [0.4, 0.5) is 5.69 Å². The number of ketones is 1. The molecule has 7 heteroatoms. The van der Waals surface area contributed by atoms with Crippen LogP contribution in [0, 0.1) is 6.92 Å². The lowest BCUT2D eigenvalue weighted by Gasteiger charge is -2.29. The van der Waals surface area contributed by atoms with Crippen molar-refractivity contribution in [2.24, 2.45) is 0 Å². The highest BCUT2D eigenvalue weighted by Crippen LogP contribution is 2.27. The number of carbonyl (C=O) groups excluding carboxylic acids is 4. The molecule has 0 radical (unpaired) electrons. The number of Topliss-reactive ketones (excluding diaryl/α,β-unsaturated/α-hetero) is 1. The molecule has 2 N–H and O–H groups in total. The quantitative estimate of drug-likeness (QED) is 0.487. The number of nitrogens with zero attached hydrogens (tertiary/aromatic N) is 1. The summed E-state index contributed by atoms with van der Waals surface area (Å²) in [7, 11) is 0. The number of piperidine rings is 1. The lowest BCUT2D eigenvalue weighted by atomic mass is 9.92. The number of hydrogen-bond acceptors (Lipinski definition) is 5. The molecule has 0 spiro atoms. The second-order valence-electron chi connectivity index (χ2n) is 8.87. The molecule has 4 rings (SSSR count). The summed E-state index contributed by atoms with van der Waals surface area (Å²) < 4.78 is 0. The standard InChI is InChI=1S/C27H27N3O4/c1-16-6-4-8-20(12-16)24(31)13-17(2)19-7-5-9-21(14-19)29-22-15-25(32)30(27(22)34)23-11-10-18(3)28-26(23)33/h4-9,12,14-15,17,23,29H,3,10-11,13H2,1-2H3,(H,28,33). The van der Waals surface area contributed by atoms with Crippen molar-refractivity contribution >= 4 is 29.2 Å². The van der Waals surface area contributed by atoms with Gasteiger partial charge in [-0.15, -0.1) is 0 Å². The zero-order valence-corrected chi connectivity index (χ0v) is 19.3. The Bertz CT molecular complexity index is 1230. The van der Waals surface area contributed by atoms with E-state index in [0.717, 1.165) is 16.0 Å². The molecular weight excluding hydrogens is 430 g/mol. The van der Waals surface area contributed by atoms with E-state index in [1.54, 1.807) is 6.07 Å². The van der Waals surface area contributed by atoms with Crippen LogP contribution in [0.1, 0.15) is 53.6 Å². The topological polar surface area (TPSA) is 95.6 Å². The maximum atomic E-state index is 12.9. The Morgan fingerprint density at radius 3 is 2.68 bits per heavy atom. The van der Waals surface area contributed by atoms with Crippen molar-refractivity contribution in [3.63, 3.8) is 0 Å². The van der Waals surface area contributed by atoms with Gasteiger partial charge in [0.05, 0.1) is 0 Å². The zero-order chi connectivity index (χ0) is 24.4. The molecule has 2 aromatic carbocycles. The molecule has 3 amide bonds. The molecule has 0 aromatic heterocycles. The predicted octanol–water partition coefficient (Wildman–Crippen LogP) is 3.83. The van der Waals surface area contributed by atoms with E-state index in [-0.39, 0.29) is 17.4 Å². The van der Waals surface area contributed by atoms with Crippen LogP contribution < -0.4 is 10.6 Å². The Morgan fingerprint density at radius 1 is 1.18 bits per heavy atom. The maximum Gasteiger partial charge on any atom is 0.278 e. The molecule has 0 aliphatic carbocycles. The molecule has 2 aliphatic heterocycles. The first-order valence-electron chi connectivity index (χ1n) is 11.3. The van der Waals surface area contributed by atoms with Crippen molar-refractivity contribution in [3.8, 4) is 0 Å². The minimum absolute atomic E-state index is 0.0415. The van der Waals surface area contributed by atoms with E-state index >= 15 is 0 Å². The van der Waals surface area contributed by atoms with Gasteiger partial charge in [0.2, 0.25) is 5.91 Å². The molecule has 2 heterocycles. The number of imide groups is 1. The van der Waals surface area contributed by atoms with E-state index in [9.17, 15) is 19.2 Å². The average Bonchev–Trinajstić information content (AvgIpc) is 3.07. The Hall–Kier alpha value is -4.00. The first-order valence-corrected chi connectivity index (χ1v) is 11.3. The van der Waals surface area contributed by atoms with Crippen LogP contribution in [0.5, 0.6) is 0 Å². The molecule has 0 bridgehead atoms. The number of rotatable bonds is 7. The minimum atomic E-state index is -0.847. The van der Waals surface area contributed by atoms with Gasteiger partial charge in [-0.3, -0.25) is 24.1 Å². The monoisotopic (exact) mass is 457 g/mol. The molecular formula is C27H27N3O4. The Morgan fingerprint density at radius 2 is 1.94 bits per heavy atom. The Balaban J connectivity index is 1.44. The third-order valence-electron chi connectivity index (χ3n) is 6.15. The number of carbonyl (C=O) groups is 4. The lowest BCUT2D eigenvalue weighted by Crippen LogP contribution is -2.52. The normalized spacial score (nSPS) is 19.1. The second-order valence-corrected chi connectivity index (χ2v) is 8.87. The largest absolute Gasteiger partial charge is 0.351 e. The highest BCUT2D eigenvalue weighted by molar-refractivity contribution is 6.19. The number of anilines is 1. The van der Waals surface area contributed by atoms with Crippen LogP contribution in [0.15, 0.2) is 72.6 Å². The average molecular weight is 458 g/mol. The van der Waals surface area contributed by atoms with Gasteiger partial charge in [0.1, 0.15) is 11.7 Å². The number of nitrogens with one attached hydrogen (secondary N) is 2. The minimum Gasteiger partial charge on any atom is -0.351 e. The Kier molecular flexibility index (Phi) is 6.45. The first kappa shape index (κ1) is 23.2. The highest BCUT2D eigenvalue weighted by Gasteiger charge is 2.41. The van der Waals surface area contributed by atoms with E-state index in [0.29, 0.717) is 36.2 Å². The van der Waals surface area contributed by atoms with E-state index < -0.39 is 23.8 Å². The molecule has 2 unspecified atom stereocenters. The molecule has 2 aromatic rings. The van der Waals surface area contributed by atoms with E-state index in [1.807, 2.05) is 56.3 Å². The number of hydrogen-bond donors (Lipinski definition) is 2. The molecule has 1 fully saturated rings. The summed E-state index contributed by atoms with van der Waals surface area (Å²) in [6.07, 6.45) is 2.43. The summed E-state index contributed by atoms with van der Waals surface area (Å²) in [6, 6.07) is 14.1. The summed E-state index contributed by atoms with van der Waals surface area (Å²) in [4.78, 5) is 51.4. The third-order valence-corrected chi connectivity index (χ3v) is 6.15. The summed E-state index contributed by atoms with van der Waals surface area (Å²) in [5.74, 6) is -1.43. The number of benzene rings is 2. The molecule has 174 valence electrons. The van der Waals surface area contributed by atoms with Crippen molar-refractivity contribution in [3.05, 3.63) is 89.3 Å². The molecule has 34 heavy (non-hydrogen) atoms. The molecule has 0 saturated carbocycles. The number of amides is 3. The fraction of sp³-hybridized carbons (Fsp3) is 0.259. The summed E-state index contributed by atoms with van der Waals surface area (Å²) in [5, 5.41) is 5.63. The van der Waals surface area contributed by atoms with Crippen LogP contribution in [0.2, 0.25) is 0 Å². The van der Waals surface area contributed by atoms with E-state index in [2.05, 4.69) is 17.2 Å². The molecule has 2 atom stereocenters. The fourth-order valence-electron chi connectivity index (χ4n) is 4.29. The van der Waals surface area contributed by atoms with Crippen LogP contribution in [0.3, 0.4) is 0 Å². The van der Waals surface area contributed by atoms with Gasteiger partial charge in [0, 0.05) is 29.4 Å². The number of allylic oxidation sites excluding steroid dienone is 1. The predicted molar refractivity (Wildman–Crippen MR) is 129 cm³/mol. The summed E-state index contributed by atoms with van der Waals surface area (Å²) >= 11 is 0. The van der Waals surface area contributed by atoms with Gasteiger partial charge in [0.25, 0.3) is 11.8 Å². The molecule has 7 nitrogen and oxygen atoms in total. The Labute approximate surface area is 198 Å². The van der Waals surface area contributed by atoms with Crippen molar-refractivity contribution < 1.29 is 19.2 Å². The van der Waals surface area contributed by atoms with Gasteiger partial charge in [-0.1, -0.05) is 49.4 Å². The van der Waals surface area contributed by atoms with Crippen LogP contribution in [-0.4, -0.2) is 34.4 Å². The van der Waals surface area contributed by atoms with E-state index in [1.165, 1.54) is 6.08 Å². The summed E-state index contributed by atoms with van der Waals surface area (Å²) in [5.41, 5.74) is 3.99. The lowest BCUT2D eigenvalue weighted by molar-refractivity contribution is -0.146. The smallest absolute Gasteiger partial charge is 0.278 e. The van der Waals surface area contributed by atoms with Gasteiger partial charge >= 0.3 is 0 Å². The highest BCUT2D eigenvalue weighted by atomic mass is 16.2. The van der Waals surface area contributed by atoms with Crippen molar-refractivity contribution in [1.82, 2.24) is 10.2 Å². The van der Waals surface area contributed by atoms with Crippen LogP contribution >= 0.6 is 0 Å². The second kappa shape index (κ2) is 9.47.